The van der Waals surface area contributed by atoms with Gasteiger partial charge < -0.3 is 24.7 Å². The summed E-state index contributed by atoms with van der Waals surface area (Å²) in [7, 11) is 1.59. The lowest BCUT2D eigenvalue weighted by molar-refractivity contribution is -0.308. The smallest absolute Gasteiger partial charge is 0.250 e. The molecule has 0 aromatic carbocycles. The molecule has 0 saturated carbocycles. The number of rotatable bonds is 11. The maximum Gasteiger partial charge on any atom is 0.250 e. The van der Waals surface area contributed by atoms with Gasteiger partial charge in [0.2, 0.25) is 0 Å². The molecule has 0 aliphatic heterocycles. The molecule has 0 radical (unpaired) electrons. The van der Waals surface area contributed by atoms with Gasteiger partial charge in [-0.25, -0.2) is 5.43 Å². The highest BCUT2D eigenvalue weighted by Crippen LogP contribution is 1.83. The second-order valence-corrected chi connectivity index (χ2v) is 3.96. The van der Waals surface area contributed by atoms with E-state index in [1.165, 1.54) is 6.92 Å². The number of carboxylic acids is 1. The van der Waals surface area contributed by atoms with Gasteiger partial charge in [0, 0.05) is 13.7 Å². The first-order valence-corrected chi connectivity index (χ1v) is 6.05. The van der Waals surface area contributed by atoms with Gasteiger partial charge in [0.1, 0.15) is 0 Å². The van der Waals surface area contributed by atoms with Crippen molar-refractivity contribution in [1.82, 2.24) is 16.2 Å². The molecule has 0 fully saturated rings. The van der Waals surface area contributed by atoms with Crippen LogP contribution in [0.3, 0.4) is 0 Å². The van der Waals surface area contributed by atoms with Crippen molar-refractivity contribution in [2.45, 2.75) is 25.9 Å². The molecule has 112 valence electrons. The van der Waals surface area contributed by atoms with E-state index in [0.717, 1.165) is 0 Å². The number of methoxy groups -OCH3 is 1. The van der Waals surface area contributed by atoms with E-state index in [0.29, 0.717) is 26.4 Å². The quantitative estimate of drug-likeness (QED) is 0.280. The van der Waals surface area contributed by atoms with Crippen LogP contribution in [-0.4, -0.2) is 57.4 Å². The Balaban J connectivity index is 3.62. The molecule has 8 heteroatoms. The van der Waals surface area contributed by atoms with Crippen molar-refractivity contribution in [3.05, 3.63) is 0 Å². The van der Waals surface area contributed by atoms with Crippen molar-refractivity contribution < 1.29 is 24.2 Å². The van der Waals surface area contributed by atoms with Gasteiger partial charge in [-0.3, -0.25) is 10.2 Å². The number of hydrogen-bond donors (Lipinski definition) is 3. The van der Waals surface area contributed by atoms with Gasteiger partial charge in [-0.2, -0.15) is 0 Å². The molecule has 3 N–H and O–H groups in total. The predicted molar refractivity (Wildman–Crippen MR) is 65.9 cm³/mol. The minimum atomic E-state index is -1.28. The molecule has 2 atom stereocenters. The van der Waals surface area contributed by atoms with E-state index in [1.807, 2.05) is 0 Å². The van der Waals surface area contributed by atoms with Gasteiger partial charge in [-0.05, 0) is 13.8 Å². The largest absolute Gasteiger partial charge is 0.548 e. The maximum atomic E-state index is 11.5. The average Bonchev–Trinajstić information content (AvgIpc) is 2.38. The van der Waals surface area contributed by atoms with Gasteiger partial charge in [-0.1, -0.05) is 0 Å². The summed E-state index contributed by atoms with van der Waals surface area (Å²) in [6.07, 6.45) is 0. The molecule has 0 heterocycles. The van der Waals surface area contributed by atoms with E-state index in [1.54, 1.807) is 14.0 Å². The lowest BCUT2D eigenvalue weighted by Crippen LogP contribution is -2.55. The van der Waals surface area contributed by atoms with Gasteiger partial charge in [0.25, 0.3) is 5.91 Å². The first-order chi connectivity index (χ1) is 8.99. The lowest BCUT2D eigenvalue weighted by Gasteiger charge is -2.18. The third-order valence-electron chi connectivity index (χ3n) is 2.29. The highest BCUT2D eigenvalue weighted by atomic mass is 16.5. The molecule has 8 nitrogen and oxygen atoms in total. The van der Waals surface area contributed by atoms with Crippen LogP contribution in [0.2, 0.25) is 0 Å². The standard InChI is InChI=1S/C11H23N3O5/c1-8(12-4-5-19-7-6-18-3)10(15)14-13-9(2)11(16)17/h8-9,12-13H,4-7H2,1-3H3,(H,14,15)(H,16,17)/p-1/t8-,9+/m0/s1. The summed E-state index contributed by atoms with van der Waals surface area (Å²) < 4.78 is 10.0. The first-order valence-electron chi connectivity index (χ1n) is 6.05. The molecule has 0 spiro atoms. The van der Waals surface area contributed by atoms with Crippen LogP contribution in [-0.2, 0) is 19.1 Å². The summed E-state index contributed by atoms with van der Waals surface area (Å²) in [6.45, 7) is 5.04. The van der Waals surface area contributed by atoms with E-state index >= 15 is 0 Å². The first kappa shape index (κ1) is 17.8. The Labute approximate surface area is 112 Å². The van der Waals surface area contributed by atoms with Gasteiger partial charge >= 0.3 is 0 Å². The van der Waals surface area contributed by atoms with Gasteiger partial charge in [0.15, 0.2) is 0 Å². The fraction of sp³-hybridized carbons (Fsp3) is 0.818. The molecule has 0 saturated heterocycles. The van der Waals surface area contributed by atoms with Crippen molar-refractivity contribution in [2.75, 3.05) is 33.5 Å². The Morgan fingerprint density at radius 3 is 2.42 bits per heavy atom. The van der Waals surface area contributed by atoms with Crippen LogP contribution in [0, 0.1) is 0 Å². The number of carboxylic acid groups (broad SMARTS) is 1. The number of nitrogens with one attached hydrogen (secondary N) is 3. The highest BCUT2D eigenvalue weighted by molar-refractivity contribution is 5.81. The monoisotopic (exact) mass is 276 g/mol. The van der Waals surface area contributed by atoms with Crippen molar-refractivity contribution in [2.24, 2.45) is 0 Å². The van der Waals surface area contributed by atoms with Crippen molar-refractivity contribution >= 4 is 11.9 Å². The van der Waals surface area contributed by atoms with Crippen LogP contribution in [0.25, 0.3) is 0 Å². The number of aliphatic carboxylic acids is 1. The molecular formula is C11H22N3O5-. The lowest BCUT2D eigenvalue weighted by atomic mass is 10.3. The number of carbonyl (C=O) groups excluding carboxylic acids is 2. The Kier molecular flexibility index (Phi) is 9.99. The van der Waals surface area contributed by atoms with E-state index in [4.69, 9.17) is 9.47 Å². The van der Waals surface area contributed by atoms with Crippen LogP contribution in [0.5, 0.6) is 0 Å². The van der Waals surface area contributed by atoms with Crippen molar-refractivity contribution in [1.29, 1.82) is 0 Å². The zero-order valence-corrected chi connectivity index (χ0v) is 11.5. The number of hydrogen-bond acceptors (Lipinski definition) is 7. The van der Waals surface area contributed by atoms with Crippen LogP contribution in [0.1, 0.15) is 13.8 Å². The average molecular weight is 276 g/mol. The molecule has 19 heavy (non-hydrogen) atoms. The summed E-state index contributed by atoms with van der Waals surface area (Å²) in [4.78, 5) is 21.9. The van der Waals surface area contributed by atoms with E-state index in [-0.39, 0.29) is 5.91 Å². The van der Waals surface area contributed by atoms with E-state index in [9.17, 15) is 14.7 Å². The zero-order chi connectivity index (χ0) is 14.7. The van der Waals surface area contributed by atoms with Crippen LogP contribution < -0.4 is 21.3 Å². The second-order valence-electron chi connectivity index (χ2n) is 3.96. The topological polar surface area (TPSA) is 112 Å². The Hall–Kier alpha value is -1.22. The van der Waals surface area contributed by atoms with Gasteiger partial charge in [0.05, 0.1) is 37.9 Å². The number of hydrazine groups is 1. The fourth-order valence-corrected chi connectivity index (χ4v) is 1.03. The van der Waals surface area contributed by atoms with Crippen molar-refractivity contribution in [3.63, 3.8) is 0 Å². The zero-order valence-electron chi connectivity index (χ0n) is 11.5. The Morgan fingerprint density at radius 1 is 1.16 bits per heavy atom. The molecular weight excluding hydrogens is 254 g/mol. The highest BCUT2D eigenvalue weighted by Gasteiger charge is 2.12. The minimum absolute atomic E-state index is 0.356. The molecule has 0 aromatic heterocycles. The van der Waals surface area contributed by atoms with Gasteiger partial charge in [-0.15, -0.1) is 0 Å². The number of ether oxygens (including phenoxy) is 2. The Morgan fingerprint density at radius 2 is 1.84 bits per heavy atom. The molecule has 0 aliphatic rings. The third kappa shape index (κ3) is 9.37. The molecule has 0 aliphatic carbocycles. The minimum Gasteiger partial charge on any atom is -0.548 e. The molecule has 0 unspecified atom stereocenters. The normalized spacial score (nSPS) is 13.8. The van der Waals surface area contributed by atoms with Crippen LogP contribution in [0.15, 0.2) is 0 Å². The summed E-state index contributed by atoms with van der Waals surface area (Å²) >= 11 is 0. The fourth-order valence-electron chi connectivity index (χ4n) is 1.03. The van der Waals surface area contributed by atoms with Crippen molar-refractivity contribution in [3.8, 4) is 0 Å². The number of carbonyl (C=O) groups is 2. The van der Waals surface area contributed by atoms with Crippen LogP contribution >= 0.6 is 0 Å². The molecule has 0 rings (SSSR count). The summed E-state index contributed by atoms with van der Waals surface area (Å²) in [5.41, 5.74) is 4.62. The van der Waals surface area contributed by atoms with E-state index in [2.05, 4.69) is 16.2 Å². The SMILES string of the molecule is COCCOCCN[C@@H](C)C(=O)NN[C@H](C)C(=O)[O-]. The van der Waals surface area contributed by atoms with E-state index < -0.39 is 18.1 Å². The second kappa shape index (κ2) is 10.7. The Bertz CT molecular complexity index is 275. The molecule has 1 amide bonds. The van der Waals surface area contributed by atoms with Crippen LogP contribution in [0.4, 0.5) is 0 Å². The summed E-state index contributed by atoms with van der Waals surface area (Å²) in [5.74, 6) is -1.64. The summed E-state index contributed by atoms with van der Waals surface area (Å²) in [5, 5.41) is 13.3. The predicted octanol–water partition coefficient (Wildman–Crippen LogP) is -2.61. The molecule has 0 bridgehead atoms. The number of amides is 1. The maximum absolute atomic E-state index is 11.5. The molecule has 0 aromatic rings. The third-order valence-corrected chi connectivity index (χ3v) is 2.29. The summed E-state index contributed by atoms with van der Waals surface area (Å²) in [6, 6.07) is -1.42.